The summed E-state index contributed by atoms with van der Waals surface area (Å²) in [5, 5.41) is 8.42. The summed E-state index contributed by atoms with van der Waals surface area (Å²) in [6.45, 7) is 4.16. The second kappa shape index (κ2) is 7.31. The second-order valence-electron chi connectivity index (χ2n) is 4.12. The highest BCUT2D eigenvalue weighted by Gasteiger charge is 1.94. The Balaban J connectivity index is 2.77. The van der Waals surface area contributed by atoms with Gasteiger partial charge in [-0.1, -0.05) is 41.7 Å². The minimum atomic E-state index is 0.588. The summed E-state index contributed by atoms with van der Waals surface area (Å²) in [6, 6.07) is 10.3. The summed E-state index contributed by atoms with van der Waals surface area (Å²) in [5.41, 5.74) is 3.50. The van der Waals surface area contributed by atoms with Crippen LogP contribution in [-0.2, 0) is 0 Å². The molecule has 0 aliphatic carbocycles. The van der Waals surface area contributed by atoms with E-state index in [-0.39, 0.29) is 0 Å². The smallest absolute Gasteiger partial charge is 0.0622 e. The van der Waals surface area contributed by atoms with Gasteiger partial charge in [0.15, 0.2) is 0 Å². The zero-order valence-electron chi connectivity index (χ0n) is 10.5. The van der Waals surface area contributed by atoms with Crippen LogP contribution in [-0.4, -0.2) is 0 Å². The van der Waals surface area contributed by atoms with E-state index in [0.717, 1.165) is 18.4 Å². The van der Waals surface area contributed by atoms with Gasteiger partial charge in [0.2, 0.25) is 0 Å². The number of benzene rings is 1. The van der Waals surface area contributed by atoms with Gasteiger partial charge in [-0.05, 0) is 31.9 Å². The summed E-state index contributed by atoms with van der Waals surface area (Å²) in [7, 11) is 0. The van der Waals surface area contributed by atoms with E-state index >= 15 is 0 Å². The molecule has 0 aliphatic heterocycles. The van der Waals surface area contributed by atoms with Gasteiger partial charge >= 0.3 is 0 Å². The molecule has 0 saturated carbocycles. The van der Waals surface area contributed by atoms with Gasteiger partial charge in [-0.25, -0.2) is 0 Å². The molecule has 1 nitrogen and oxygen atoms in total. The average Bonchev–Trinajstić information content (AvgIpc) is 2.30. The molecule has 1 heteroatoms. The largest absolute Gasteiger partial charge is 0.198 e. The highest BCUT2D eigenvalue weighted by molar-refractivity contribution is 5.60. The Morgan fingerprint density at radius 3 is 2.71 bits per heavy atom. The van der Waals surface area contributed by atoms with E-state index in [4.69, 9.17) is 5.26 Å². The van der Waals surface area contributed by atoms with Gasteiger partial charge in [0.25, 0.3) is 0 Å². The zero-order chi connectivity index (χ0) is 12.5. The Labute approximate surface area is 104 Å². The maximum Gasteiger partial charge on any atom is 0.0622 e. The predicted molar refractivity (Wildman–Crippen MR) is 72.1 cm³/mol. The number of nitriles is 1. The van der Waals surface area contributed by atoms with E-state index in [1.165, 1.54) is 11.1 Å². The van der Waals surface area contributed by atoms with Crippen LogP contribution in [0.3, 0.4) is 0 Å². The second-order valence-corrected chi connectivity index (χ2v) is 4.12. The lowest BCUT2D eigenvalue weighted by Crippen LogP contribution is -1.82. The molecule has 17 heavy (non-hydrogen) atoms. The molecule has 0 spiro atoms. The Bertz CT molecular complexity index is 488. The summed E-state index contributed by atoms with van der Waals surface area (Å²) in [6.07, 6.45) is 4.37. The maximum atomic E-state index is 8.42. The molecule has 0 amide bonds. The first-order chi connectivity index (χ1) is 8.24. The molecular weight excluding hydrogens is 206 g/mol. The highest BCUT2D eigenvalue weighted by Crippen LogP contribution is 2.11. The van der Waals surface area contributed by atoms with Gasteiger partial charge in [-0.3, -0.25) is 0 Å². The van der Waals surface area contributed by atoms with Gasteiger partial charge in [0, 0.05) is 18.4 Å². The van der Waals surface area contributed by atoms with Crippen LogP contribution in [0.5, 0.6) is 0 Å². The van der Waals surface area contributed by atoms with Gasteiger partial charge < -0.3 is 0 Å². The quantitative estimate of drug-likeness (QED) is 0.557. The topological polar surface area (TPSA) is 23.8 Å². The summed E-state index contributed by atoms with van der Waals surface area (Å²) in [5.74, 6) is 6.29. The van der Waals surface area contributed by atoms with Crippen molar-refractivity contribution < 1.29 is 0 Å². The summed E-state index contributed by atoms with van der Waals surface area (Å²) < 4.78 is 0. The monoisotopic (exact) mass is 223 g/mol. The first kappa shape index (κ1) is 13.1. The van der Waals surface area contributed by atoms with Crippen molar-refractivity contribution in [2.45, 2.75) is 33.1 Å². The molecule has 0 saturated heterocycles. The average molecular weight is 223 g/mol. The van der Waals surface area contributed by atoms with Crippen molar-refractivity contribution in [2.75, 3.05) is 0 Å². The fourth-order valence-corrected chi connectivity index (χ4v) is 1.46. The minimum absolute atomic E-state index is 0.588. The first-order valence-corrected chi connectivity index (χ1v) is 5.84. The fraction of sp³-hybridized carbons (Fsp3) is 0.312. The van der Waals surface area contributed by atoms with E-state index in [0.29, 0.717) is 6.42 Å². The van der Waals surface area contributed by atoms with Crippen molar-refractivity contribution in [3.8, 4) is 17.9 Å². The van der Waals surface area contributed by atoms with Crippen LogP contribution >= 0.6 is 0 Å². The number of unbranched alkanes of at least 4 members (excludes halogenated alkanes) is 2. The molecule has 0 unspecified atom stereocenters. The standard InChI is InChI=1S/C16H17N/c1-14(2)13-16-11-7-6-10-15(16)9-5-3-4-8-12-17/h6-7,10-11,13H,3-4,8H2,1-2H3. The van der Waals surface area contributed by atoms with Crippen LogP contribution in [0.25, 0.3) is 6.08 Å². The Hall–Kier alpha value is -1.99. The van der Waals surface area contributed by atoms with Crippen LogP contribution < -0.4 is 0 Å². The van der Waals surface area contributed by atoms with Crippen molar-refractivity contribution in [3.63, 3.8) is 0 Å². The minimum Gasteiger partial charge on any atom is -0.198 e. The summed E-state index contributed by atoms with van der Waals surface area (Å²) >= 11 is 0. The van der Waals surface area contributed by atoms with E-state index in [1.807, 2.05) is 18.2 Å². The molecule has 0 aliphatic rings. The molecule has 0 heterocycles. The predicted octanol–water partition coefficient (Wildman–Crippen LogP) is 4.16. The molecule has 0 N–H and O–H groups in total. The van der Waals surface area contributed by atoms with E-state index < -0.39 is 0 Å². The zero-order valence-corrected chi connectivity index (χ0v) is 10.5. The number of hydrogen-bond acceptors (Lipinski definition) is 1. The molecule has 1 aromatic rings. The Kier molecular flexibility index (Phi) is 5.62. The van der Waals surface area contributed by atoms with Crippen molar-refractivity contribution >= 4 is 6.08 Å². The number of rotatable bonds is 3. The third-order valence-electron chi connectivity index (χ3n) is 2.22. The normalized spacial score (nSPS) is 8.76. The van der Waals surface area contributed by atoms with E-state index in [1.54, 1.807) is 0 Å². The molecule has 1 aromatic carbocycles. The van der Waals surface area contributed by atoms with Crippen LogP contribution in [0.1, 0.15) is 44.2 Å². The van der Waals surface area contributed by atoms with E-state index in [9.17, 15) is 0 Å². The third-order valence-corrected chi connectivity index (χ3v) is 2.22. The molecule has 0 fully saturated rings. The lowest BCUT2D eigenvalue weighted by Gasteiger charge is -1.98. The Morgan fingerprint density at radius 1 is 1.24 bits per heavy atom. The van der Waals surface area contributed by atoms with Crippen molar-refractivity contribution in [2.24, 2.45) is 0 Å². The lowest BCUT2D eigenvalue weighted by molar-refractivity contribution is 0.894. The van der Waals surface area contributed by atoms with Gasteiger partial charge in [0.1, 0.15) is 0 Å². The van der Waals surface area contributed by atoms with Crippen molar-refractivity contribution in [1.29, 1.82) is 5.26 Å². The summed E-state index contributed by atoms with van der Waals surface area (Å²) in [4.78, 5) is 0. The van der Waals surface area contributed by atoms with Gasteiger partial charge in [-0.15, -0.1) is 0 Å². The fourth-order valence-electron chi connectivity index (χ4n) is 1.46. The lowest BCUT2D eigenvalue weighted by atomic mass is 10.1. The van der Waals surface area contributed by atoms with E-state index in [2.05, 4.69) is 43.9 Å². The molecular formula is C16H17N. The molecule has 0 aromatic heterocycles. The molecule has 1 rings (SSSR count). The van der Waals surface area contributed by atoms with Crippen LogP contribution in [0.4, 0.5) is 0 Å². The maximum absolute atomic E-state index is 8.42. The SMILES string of the molecule is CC(C)=Cc1ccccc1C#CCCCC#N. The van der Waals surface area contributed by atoms with Gasteiger partial charge in [0.05, 0.1) is 6.07 Å². The highest BCUT2D eigenvalue weighted by atomic mass is 14.2. The van der Waals surface area contributed by atoms with Gasteiger partial charge in [-0.2, -0.15) is 5.26 Å². The Morgan fingerprint density at radius 2 is 2.00 bits per heavy atom. The molecule has 0 atom stereocenters. The number of allylic oxidation sites excluding steroid dienone is 1. The first-order valence-electron chi connectivity index (χ1n) is 5.84. The molecule has 86 valence electrons. The molecule has 0 radical (unpaired) electrons. The number of nitrogens with zero attached hydrogens (tertiary/aromatic N) is 1. The van der Waals surface area contributed by atoms with Crippen LogP contribution in [0.2, 0.25) is 0 Å². The molecule has 0 bridgehead atoms. The third kappa shape index (κ3) is 5.05. The van der Waals surface area contributed by atoms with Crippen LogP contribution in [0, 0.1) is 23.2 Å². The van der Waals surface area contributed by atoms with Crippen LogP contribution in [0.15, 0.2) is 29.8 Å². The number of hydrogen-bond donors (Lipinski definition) is 0. The van der Waals surface area contributed by atoms with Crippen molar-refractivity contribution in [1.82, 2.24) is 0 Å². The van der Waals surface area contributed by atoms with Crippen molar-refractivity contribution in [3.05, 3.63) is 41.0 Å².